The fourth-order valence-corrected chi connectivity index (χ4v) is 3.64. The lowest BCUT2D eigenvalue weighted by Gasteiger charge is -2.17. The number of ether oxygens (including phenoxy) is 1. The average molecular weight is 281 g/mol. The molecule has 2 aliphatic rings. The number of hydrogen-bond acceptors (Lipinski definition) is 2. The average Bonchev–Trinajstić information content (AvgIpc) is 3.05. The second-order valence-electron chi connectivity index (χ2n) is 5.83. The fraction of sp³-hybridized carbons (Fsp3) is 0.625. The van der Waals surface area contributed by atoms with Gasteiger partial charge >= 0.3 is 0 Å². The first-order valence-corrected chi connectivity index (χ1v) is 7.75. The van der Waals surface area contributed by atoms with Crippen LogP contribution in [0.1, 0.15) is 55.8 Å². The van der Waals surface area contributed by atoms with Gasteiger partial charge in [0, 0.05) is 17.0 Å². The van der Waals surface area contributed by atoms with Gasteiger partial charge in [0.05, 0.1) is 12.7 Å². The van der Waals surface area contributed by atoms with Gasteiger partial charge in [-0.15, -0.1) is 0 Å². The summed E-state index contributed by atoms with van der Waals surface area (Å²) >= 11 is 6.13. The SMILES string of the molecule is OC(CCC1CCCC1)c1cc(Cl)cc2c1OCC2. The van der Waals surface area contributed by atoms with Crippen LogP contribution in [0, 0.1) is 5.92 Å². The van der Waals surface area contributed by atoms with Crippen molar-refractivity contribution in [1.29, 1.82) is 0 Å². The molecule has 3 rings (SSSR count). The third-order valence-corrected chi connectivity index (χ3v) is 4.68. The molecule has 1 unspecified atom stereocenters. The molecule has 0 aromatic heterocycles. The zero-order valence-corrected chi connectivity index (χ0v) is 12.0. The van der Waals surface area contributed by atoms with E-state index < -0.39 is 6.10 Å². The minimum atomic E-state index is -0.439. The van der Waals surface area contributed by atoms with E-state index in [1.807, 2.05) is 12.1 Å². The van der Waals surface area contributed by atoms with E-state index in [2.05, 4.69) is 0 Å². The number of hydrogen-bond donors (Lipinski definition) is 1. The van der Waals surface area contributed by atoms with Crippen LogP contribution in [0.4, 0.5) is 0 Å². The summed E-state index contributed by atoms with van der Waals surface area (Å²) in [5, 5.41) is 11.1. The summed E-state index contributed by atoms with van der Waals surface area (Å²) in [6.45, 7) is 0.706. The Hall–Kier alpha value is -0.730. The van der Waals surface area contributed by atoms with Crippen molar-refractivity contribution >= 4 is 11.6 Å². The molecule has 0 saturated heterocycles. The topological polar surface area (TPSA) is 29.5 Å². The molecule has 2 nitrogen and oxygen atoms in total. The van der Waals surface area contributed by atoms with Crippen molar-refractivity contribution in [3.8, 4) is 5.75 Å². The van der Waals surface area contributed by atoms with Crippen LogP contribution in [-0.4, -0.2) is 11.7 Å². The molecule has 0 radical (unpaired) electrons. The van der Waals surface area contributed by atoms with Crippen molar-refractivity contribution in [2.24, 2.45) is 5.92 Å². The number of aliphatic hydroxyl groups is 1. The molecular formula is C16H21ClO2. The third-order valence-electron chi connectivity index (χ3n) is 4.46. The van der Waals surface area contributed by atoms with Gasteiger partial charge in [-0.2, -0.15) is 0 Å². The molecule has 1 saturated carbocycles. The predicted octanol–water partition coefficient (Wildman–Crippen LogP) is 4.28. The minimum Gasteiger partial charge on any atom is -0.493 e. The van der Waals surface area contributed by atoms with E-state index in [1.165, 1.54) is 25.7 Å². The summed E-state index contributed by atoms with van der Waals surface area (Å²) in [7, 11) is 0. The molecule has 0 amide bonds. The Bertz CT molecular complexity index is 452. The predicted molar refractivity (Wildman–Crippen MR) is 76.8 cm³/mol. The first-order chi connectivity index (χ1) is 9.24. The van der Waals surface area contributed by atoms with Gasteiger partial charge in [0.15, 0.2) is 0 Å². The smallest absolute Gasteiger partial charge is 0.128 e. The quantitative estimate of drug-likeness (QED) is 0.892. The monoisotopic (exact) mass is 280 g/mol. The fourth-order valence-electron chi connectivity index (χ4n) is 3.39. The van der Waals surface area contributed by atoms with Crippen LogP contribution in [0.3, 0.4) is 0 Å². The highest BCUT2D eigenvalue weighted by Gasteiger charge is 2.23. The van der Waals surface area contributed by atoms with Gasteiger partial charge in [-0.3, -0.25) is 0 Å². The van der Waals surface area contributed by atoms with Gasteiger partial charge in [-0.05, 0) is 36.5 Å². The van der Waals surface area contributed by atoms with E-state index in [-0.39, 0.29) is 0 Å². The highest BCUT2D eigenvalue weighted by Crippen LogP contribution is 2.39. The molecule has 1 aromatic rings. The summed E-state index contributed by atoms with van der Waals surface area (Å²) in [6.07, 6.45) is 7.77. The molecule has 0 bridgehead atoms. The first kappa shape index (κ1) is 13.3. The van der Waals surface area contributed by atoms with Crippen molar-refractivity contribution in [2.75, 3.05) is 6.61 Å². The molecule has 104 valence electrons. The van der Waals surface area contributed by atoms with E-state index in [1.54, 1.807) is 0 Å². The Morgan fingerprint density at radius 1 is 1.32 bits per heavy atom. The highest BCUT2D eigenvalue weighted by molar-refractivity contribution is 6.30. The van der Waals surface area contributed by atoms with Crippen LogP contribution < -0.4 is 4.74 Å². The van der Waals surface area contributed by atoms with E-state index in [4.69, 9.17) is 16.3 Å². The van der Waals surface area contributed by atoms with Gasteiger partial charge in [0.2, 0.25) is 0 Å². The van der Waals surface area contributed by atoms with Crippen LogP contribution in [0.25, 0.3) is 0 Å². The maximum absolute atomic E-state index is 10.4. The van der Waals surface area contributed by atoms with Gasteiger partial charge in [-0.25, -0.2) is 0 Å². The third kappa shape index (κ3) is 2.90. The first-order valence-electron chi connectivity index (χ1n) is 7.37. The second kappa shape index (κ2) is 5.72. The number of halogens is 1. The lowest BCUT2D eigenvalue weighted by molar-refractivity contribution is 0.153. The summed E-state index contributed by atoms with van der Waals surface area (Å²) in [6, 6.07) is 3.82. The molecule has 1 aliphatic carbocycles. The summed E-state index contributed by atoms with van der Waals surface area (Å²) < 4.78 is 5.66. The maximum atomic E-state index is 10.4. The summed E-state index contributed by atoms with van der Waals surface area (Å²) in [5.41, 5.74) is 2.03. The molecule has 19 heavy (non-hydrogen) atoms. The van der Waals surface area contributed by atoms with Gasteiger partial charge in [-0.1, -0.05) is 37.3 Å². The Morgan fingerprint density at radius 2 is 2.11 bits per heavy atom. The molecule has 0 spiro atoms. The second-order valence-corrected chi connectivity index (χ2v) is 6.26. The van der Waals surface area contributed by atoms with Crippen molar-refractivity contribution in [3.63, 3.8) is 0 Å². The highest BCUT2D eigenvalue weighted by atomic mass is 35.5. The van der Waals surface area contributed by atoms with Gasteiger partial charge in [0.25, 0.3) is 0 Å². The zero-order chi connectivity index (χ0) is 13.2. The molecule has 1 aliphatic heterocycles. The van der Waals surface area contributed by atoms with Crippen molar-refractivity contribution in [1.82, 2.24) is 0 Å². The molecule has 1 N–H and O–H groups in total. The van der Waals surface area contributed by atoms with Crippen molar-refractivity contribution in [3.05, 3.63) is 28.3 Å². The van der Waals surface area contributed by atoms with Crippen LogP contribution in [0.5, 0.6) is 5.75 Å². The van der Waals surface area contributed by atoms with Crippen LogP contribution in [-0.2, 0) is 6.42 Å². The normalized spacial score (nSPS) is 20.3. The number of benzene rings is 1. The molecule has 1 fully saturated rings. The van der Waals surface area contributed by atoms with E-state index in [9.17, 15) is 5.11 Å². The number of fused-ring (bicyclic) bond motifs is 1. The lowest BCUT2D eigenvalue weighted by atomic mass is 9.95. The van der Waals surface area contributed by atoms with Gasteiger partial charge in [0.1, 0.15) is 5.75 Å². The Balaban J connectivity index is 1.70. The van der Waals surface area contributed by atoms with Crippen molar-refractivity contribution in [2.45, 2.75) is 51.0 Å². The van der Waals surface area contributed by atoms with Crippen molar-refractivity contribution < 1.29 is 9.84 Å². The molecule has 1 heterocycles. The lowest BCUT2D eigenvalue weighted by Crippen LogP contribution is -2.03. The Morgan fingerprint density at radius 3 is 2.89 bits per heavy atom. The van der Waals surface area contributed by atoms with Crippen LogP contribution in [0.2, 0.25) is 5.02 Å². The van der Waals surface area contributed by atoms with E-state index in [0.29, 0.717) is 11.6 Å². The van der Waals surface area contributed by atoms with Gasteiger partial charge < -0.3 is 9.84 Å². The van der Waals surface area contributed by atoms with Crippen LogP contribution >= 0.6 is 11.6 Å². The molecule has 1 aromatic carbocycles. The Labute approximate surface area is 119 Å². The summed E-state index contributed by atoms with van der Waals surface area (Å²) in [5.74, 6) is 1.69. The zero-order valence-electron chi connectivity index (χ0n) is 11.2. The maximum Gasteiger partial charge on any atom is 0.128 e. The number of rotatable bonds is 4. The van der Waals surface area contributed by atoms with E-state index in [0.717, 1.165) is 42.1 Å². The minimum absolute atomic E-state index is 0.439. The molecular weight excluding hydrogens is 260 g/mol. The standard InChI is InChI=1S/C16H21ClO2/c17-13-9-12-7-8-19-16(12)14(10-13)15(18)6-5-11-3-1-2-4-11/h9-11,15,18H,1-8H2. The largest absolute Gasteiger partial charge is 0.493 e. The Kier molecular flexibility index (Phi) is 3.99. The molecule has 1 atom stereocenters. The summed E-state index contributed by atoms with van der Waals surface area (Å²) in [4.78, 5) is 0. The molecule has 3 heteroatoms. The van der Waals surface area contributed by atoms with Crippen LogP contribution in [0.15, 0.2) is 12.1 Å². The number of aliphatic hydroxyl groups excluding tert-OH is 1. The van der Waals surface area contributed by atoms with E-state index >= 15 is 0 Å².